The molecule has 0 saturated heterocycles. The van der Waals surface area contributed by atoms with E-state index in [1.165, 1.54) is 30.6 Å². The zero-order valence-corrected chi connectivity index (χ0v) is 12.7. The lowest BCUT2D eigenvalue weighted by atomic mass is 10.3. The number of hydrogen-bond acceptors (Lipinski definition) is 5. The normalized spacial score (nSPS) is 11.6. The molecule has 1 heterocycles. The third kappa shape index (κ3) is 3.32. The zero-order chi connectivity index (χ0) is 15.5. The Balaban J connectivity index is 2.35. The smallest absolute Gasteiger partial charge is 0.246 e. The van der Waals surface area contributed by atoms with Crippen LogP contribution in [0.25, 0.3) is 0 Å². The summed E-state index contributed by atoms with van der Waals surface area (Å²) in [7, 11) is -0.801. The molecule has 0 bridgehead atoms. The number of anilines is 1. The average Bonchev–Trinajstić information content (AvgIpc) is 2.48. The Morgan fingerprint density at radius 2 is 2.05 bits per heavy atom. The molecule has 1 aromatic heterocycles. The van der Waals surface area contributed by atoms with Crippen LogP contribution in [0.3, 0.4) is 0 Å². The molecule has 0 unspecified atom stereocenters. The lowest BCUT2D eigenvalue weighted by Gasteiger charge is -2.18. The summed E-state index contributed by atoms with van der Waals surface area (Å²) < 4.78 is 31.6. The SMILES string of the molecule is COc1ccc(N)cc1S(=O)(=O)N(C)Cc1ccccn1. The van der Waals surface area contributed by atoms with Crippen molar-refractivity contribution in [2.75, 3.05) is 19.9 Å². The van der Waals surface area contributed by atoms with Crippen LogP contribution in [0.1, 0.15) is 5.69 Å². The molecule has 21 heavy (non-hydrogen) atoms. The van der Waals surface area contributed by atoms with Crippen LogP contribution in [0.2, 0.25) is 0 Å². The van der Waals surface area contributed by atoms with Gasteiger partial charge in [-0.05, 0) is 30.3 Å². The topological polar surface area (TPSA) is 85.5 Å². The number of nitrogens with zero attached hydrogens (tertiary/aromatic N) is 2. The number of methoxy groups -OCH3 is 1. The maximum absolute atomic E-state index is 12.6. The monoisotopic (exact) mass is 307 g/mol. The summed E-state index contributed by atoms with van der Waals surface area (Å²) in [4.78, 5) is 4.17. The molecular weight excluding hydrogens is 290 g/mol. The van der Waals surface area contributed by atoms with E-state index in [4.69, 9.17) is 10.5 Å². The fourth-order valence-electron chi connectivity index (χ4n) is 1.87. The molecule has 2 rings (SSSR count). The highest BCUT2D eigenvalue weighted by molar-refractivity contribution is 7.89. The number of benzene rings is 1. The lowest BCUT2D eigenvalue weighted by molar-refractivity contribution is 0.397. The second-order valence-electron chi connectivity index (χ2n) is 4.49. The number of hydrogen-bond donors (Lipinski definition) is 1. The van der Waals surface area contributed by atoms with Gasteiger partial charge in [0.05, 0.1) is 19.3 Å². The number of rotatable bonds is 5. The molecule has 2 aromatic rings. The van der Waals surface area contributed by atoms with E-state index in [2.05, 4.69) is 4.98 Å². The Labute approximate surface area is 124 Å². The van der Waals surface area contributed by atoms with Gasteiger partial charge in [0.1, 0.15) is 10.6 Å². The lowest BCUT2D eigenvalue weighted by Crippen LogP contribution is -2.27. The van der Waals surface area contributed by atoms with E-state index in [9.17, 15) is 8.42 Å². The highest BCUT2D eigenvalue weighted by atomic mass is 32.2. The molecule has 0 aliphatic carbocycles. The molecule has 1 aromatic carbocycles. The van der Waals surface area contributed by atoms with Gasteiger partial charge in [0.2, 0.25) is 10.0 Å². The van der Waals surface area contributed by atoms with Crippen molar-refractivity contribution in [2.45, 2.75) is 11.4 Å². The molecule has 0 aliphatic rings. The van der Waals surface area contributed by atoms with Crippen molar-refractivity contribution in [3.05, 3.63) is 48.3 Å². The van der Waals surface area contributed by atoms with E-state index < -0.39 is 10.0 Å². The Morgan fingerprint density at radius 1 is 1.29 bits per heavy atom. The number of nitrogen functional groups attached to an aromatic ring is 1. The van der Waals surface area contributed by atoms with E-state index in [-0.39, 0.29) is 17.2 Å². The Morgan fingerprint density at radius 3 is 2.67 bits per heavy atom. The van der Waals surface area contributed by atoms with Crippen molar-refractivity contribution in [1.29, 1.82) is 0 Å². The predicted molar refractivity (Wildman–Crippen MR) is 80.3 cm³/mol. The number of sulfonamides is 1. The maximum atomic E-state index is 12.6. The van der Waals surface area contributed by atoms with Crippen molar-refractivity contribution in [2.24, 2.45) is 0 Å². The first kappa shape index (κ1) is 15.3. The van der Waals surface area contributed by atoms with Crippen molar-refractivity contribution in [1.82, 2.24) is 9.29 Å². The molecule has 0 aliphatic heterocycles. The third-order valence-electron chi connectivity index (χ3n) is 2.99. The van der Waals surface area contributed by atoms with Gasteiger partial charge in [-0.2, -0.15) is 4.31 Å². The van der Waals surface area contributed by atoms with Gasteiger partial charge in [-0.15, -0.1) is 0 Å². The minimum atomic E-state index is -3.71. The van der Waals surface area contributed by atoms with E-state index in [1.807, 2.05) is 6.07 Å². The van der Waals surface area contributed by atoms with E-state index in [1.54, 1.807) is 24.4 Å². The van der Waals surface area contributed by atoms with Crippen LogP contribution in [0.4, 0.5) is 5.69 Å². The Kier molecular flexibility index (Phi) is 4.44. The van der Waals surface area contributed by atoms with E-state index in [0.717, 1.165) is 0 Å². The number of pyridine rings is 1. The van der Waals surface area contributed by atoms with Crippen LogP contribution in [-0.4, -0.2) is 31.9 Å². The molecule has 0 spiro atoms. The van der Waals surface area contributed by atoms with Crippen LogP contribution in [-0.2, 0) is 16.6 Å². The summed E-state index contributed by atoms with van der Waals surface area (Å²) in [6.45, 7) is 0.168. The van der Waals surface area contributed by atoms with Crippen LogP contribution in [0, 0.1) is 0 Å². The van der Waals surface area contributed by atoms with Gasteiger partial charge in [-0.3, -0.25) is 4.98 Å². The summed E-state index contributed by atoms with van der Waals surface area (Å²) >= 11 is 0. The molecule has 0 fully saturated rings. The summed E-state index contributed by atoms with van der Waals surface area (Å²) in [6, 6.07) is 9.88. The molecule has 0 radical (unpaired) electrons. The average molecular weight is 307 g/mol. The fraction of sp³-hybridized carbons (Fsp3) is 0.214. The highest BCUT2D eigenvalue weighted by Gasteiger charge is 2.25. The van der Waals surface area contributed by atoms with E-state index in [0.29, 0.717) is 11.4 Å². The maximum Gasteiger partial charge on any atom is 0.246 e. The first-order chi connectivity index (χ1) is 9.95. The standard InChI is InChI=1S/C14H17N3O3S/c1-17(10-12-5-3-4-8-16-12)21(18,19)14-9-11(15)6-7-13(14)20-2/h3-9H,10,15H2,1-2H3. The van der Waals surface area contributed by atoms with Crippen molar-refractivity contribution in [3.8, 4) is 5.75 Å². The van der Waals surface area contributed by atoms with Gasteiger partial charge < -0.3 is 10.5 Å². The largest absolute Gasteiger partial charge is 0.495 e. The molecule has 112 valence electrons. The van der Waals surface area contributed by atoms with Crippen molar-refractivity contribution in [3.63, 3.8) is 0 Å². The first-order valence-electron chi connectivity index (χ1n) is 6.25. The molecule has 0 saturated carbocycles. The minimum Gasteiger partial charge on any atom is -0.495 e. The second kappa shape index (κ2) is 6.11. The number of ether oxygens (including phenoxy) is 1. The highest BCUT2D eigenvalue weighted by Crippen LogP contribution is 2.28. The zero-order valence-electron chi connectivity index (χ0n) is 11.9. The molecule has 7 heteroatoms. The summed E-state index contributed by atoms with van der Waals surface area (Å²) in [5.41, 5.74) is 6.70. The molecular formula is C14H17N3O3S. The van der Waals surface area contributed by atoms with Gasteiger partial charge in [0.25, 0.3) is 0 Å². The number of aromatic nitrogens is 1. The van der Waals surface area contributed by atoms with Crippen LogP contribution < -0.4 is 10.5 Å². The summed E-state index contributed by atoms with van der Waals surface area (Å²) in [5, 5.41) is 0. The molecule has 0 atom stereocenters. The van der Waals surface area contributed by atoms with Crippen LogP contribution in [0.5, 0.6) is 5.75 Å². The summed E-state index contributed by atoms with van der Waals surface area (Å²) in [6.07, 6.45) is 1.62. The molecule has 2 N–H and O–H groups in total. The van der Waals surface area contributed by atoms with Crippen molar-refractivity contribution < 1.29 is 13.2 Å². The molecule has 6 nitrogen and oxygen atoms in total. The summed E-state index contributed by atoms with van der Waals surface area (Å²) in [5.74, 6) is 0.261. The van der Waals surface area contributed by atoms with Crippen molar-refractivity contribution >= 4 is 15.7 Å². The van der Waals surface area contributed by atoms with Crippen LogP contribution in [0.15, 0.2) is 47.5 Å². The predicted octanol–water partition coefficient (Wildman–Crippen LogP) is 1.49. The first-order valence-corrected chi connectivity index (χ1v) is 7.69. The quantitative estimate of drug-likeness (QED) is 0.846. The second-order valence-corrected chi connectivity index (χ2v) is 6.51. The van der Waals surface area contributed by atoms with Gasteiger partial charge in [0, 0.05) is 18.9 Å². The third-order valence-corrected chi connectivity index (χ3v) is 4.81. The number of nitrogens with two attached hydrogens (primary N) is 1. The Bertz CT molecular complexity index is 717. The Hall–Kier alpha value is -2.12. The fourth-order valence-corrected chi connectivity index (χ4v) is 3.20. The minimum absolute atomic E-state index is 0.0448. The van der Waals surface area contributed by atoms with Gasteiger partial charge in [-0.25, -0.2) is 8.42 Å². The van der Waals surface area contributed by atoms with Crippen LogP contribution >= 0.6 is 0 Å². The van der Waals surface area contributed by atoms with Gasteiger partial charge in [0.15, 0.2) is 0 Å². The molecule has 0 amide bonds. The van der Waals surface area contributed by atoms with Gasteiger partial charge >= 0.3 is 0 Å². The van der Waals surface area contributed by atoms with Gasteiger partial charge in [-0.1, -0.05) is 6.07 Å². The van der Waals surface area contributed by atoms with E-state index >= 15 is 0 Å².